The van der Waals surface area contributed by atoms with Gasteiger partial charge in [0.1, 0.15) is 0 Å². The third-order valence-corrected chi connectivity index (χ3v) is 3.49. The van der Waals surface area contributed by atoms with Crippen LogP contribution in [0.4, 0.5) is 0 Å². The molecule has 0 saturated carbocycles. The molecule has 0 N–H and O–H groups in total. The van der Waals surface area contributed by atoms with Gasteiger partial charge in [0.25, 0.3) is 0 Å². The number of aromatic nitrogens is 1. The van der Waals surface area contributed by atoms with Gasteiger partial charge in [0.2, 0.25) is 0 Å². The number of rotatable bonds is 1. The Balaban J connectivity index is 2.49. The fourth-order valence-electron chi connectivity index (χ4n) is 1.24. The number of nitrogens with zero attached hydrogens (tertiary/aromatic N) is 1. The van der Waals surface area contributed by atoms with Crippen molar-refractivity contribution >= 4 is 38.9 Å². The highest BCUT2D eigenvalue weighted by atomic mass is 79.9. The molecular formula is C10H7BrClNS. The van der Waals surface area contributed by atoms with Crippen molar-refractivity contribution in [3.63, 3.8) is 0 Å². The first kappa shape index (κ1) is 10.1. The molecule has 4 heteroatoms. The number of hydrogen-bond donors (Lipinski definition) is 0. The van der Waals surface area contributed by atoms with Gasteiger partial charge in [-0.15, -0.1) is 11.3 Å². The van der Waals surface area contributed by atoms with Crippen molar-refractivity contribution in [3.8, 4) is 11.3 Å². The zero-order chi connectivity index (χ0) is 10.1. The summed E-state index contributed by atoms with van der Waals surface area (Å²) in [6.45, 7) is 2.03. The lowest BCUT2D eigenvalue weighted by Crippen LogP contribution is -1.79. The van der Waals surface area contributed by atoms with E-state index in [4.69, 9.17) is 11.6 Å². The van der Waals surface area contributed by atoms with Crippen molar-refractivity contribution in [1.29, 1.82) is 0 Å². The van der Waals surface area contributed by atoms with Gasteiger partial charge >= 0.3 is 0 Å². The molecule has 0 saturated heterocycles. The van der Waals surface area contributed by atoms with Crippen molar-refractivity contribution in [2.45, 2.75) is 6.92 Å². The Labute approximate surface area is 99.9 Å². The average molecular weight is 289 g/mol. The van der Waals surface area contributed by atoms with Gasteiger partial charge in [-0.3, -0.25) is 0 Å². The van der Waals surface area contributed by atoms with Crippen LogP contribution in [0.5, 0.6) is 0 Å². The van der Waals surface area contributed by atoms with Gasteiger partial charge in [0.05, 0.1) is 5.69 Å². The Kier molecular flexibility index (Phi) is 2.91. The summed E-state index contributed by atoms with van der Waals surface area (Å²) in [7, 11) is 0. The zero-order valence-electron chi connectivity index (χ0n) is 7.42. The Morgan fingerprint density at radius 2 is 1.93 bits per heavy atom. The molecule has 0 aliphatic carbocycles. The van der Waals surface area contributed by atoms with Crippen LogP contribution in [-0.4, -0.2) is 4.98 Å². The first-order valence-electron chi connectivity index (χ1n) is 4.05. The molecule has 0 aliphatic rings. The predicted molar refractivity (Wildman–Crippen MR) is 65.0 cm³/mol. The molecule has 0 radical (unpaired) electrons. The van der Waals surface area contributed by atoms with Crippen LogP contribution in [-0.2, 0) is 0 Å². The van der Waals surface area contributed by atoms with Crippen molar-refractivity contribution < 1.29 is 0 Å². The van der Waals surface area contributed by atoms with E-state index in [0.717, 1.165) is 20.6 Å². The number of aryl methyl sites for hydroxylation is 1. The Morgan fingerprint density at radius 1 is 1.29 bits per heavy atom. The van der Waals surface area contributed by atoms with Gasteiger partial charge < -0.3 is 0 Å². The van der Waals surface area contributed by atoms with Gasteiger partial charge in [-0.25, -0.2) is 4.98 Å². The molecule has 14 heavy (non-hydrogen) atoms. The Morgan fingerprint density at radius 3 is 2.43 bits per heavy atom. The summed E-state index contributed by atoms with van der Waals surface area (Å²) in [4.78, 5) is 5.43. The summed E-state index contributed by atoms with van der Waals surface area (Å²) in [6.07, 6.45) is 0. The molecule has 2 aromatic rings. The normalized spacial score (nSPS) is 10.5. The SMILES string of the molecule is Cc1sc(Cl)nc1-c1ccc(Br)cc1. The molecule has 1 nitrogen and oxygen atoms in total. The van der Waals surface area contributed by atoms with Gasteiger partial charge in [0.15, 0.2) is 4.47 Å². The molecule has 0 spiro atoms. The first-order valence-corrected chi connectivity index (χ1v) is 6.04. The van der Waals surface area contributed by atoms with Crippen LogP contribution in [0.15, 0.2) is 28.7 Å². The fourth-order valence-corrected chi connectivity index (χ4v) is 2.59. The van der Waals surface area contributed by atoms with E-state index in [9.17, 15) is 0 Å². The van der Waals surface area contributed by atoms with E-state index >= 15 is 0 Å². The minimum atomic E-state index is 0.598. The van der Waals surface area contributed by atoms with Crippen molar-refractivity contribution in [2.75, 3.05) is 0 Å². The molecule has 1 aromatic carbocycles. The highest BCUT2D eigenvalue weighted by molar-refractivity contribution is 9.10. The smallest absolute Gasteiger partial charge is 0.184 e. The number of benzene rings is 1. The van der Waals surface area contributed by atoms with E-state index < -0.39 is 0 Å². The third-order valence-electron chi connectivity index (χ3n) is 1.89. The zero-order valence-corrected chi connectivity index (χ0v) is 10.6. The highest BCUT2D eigenvalue weighted by Crippen LogP contribution is 2.30. The summed E-state index contributed by atoms with van der Waals surface area (Å²) in [5.74, 6) is 0. The van der Waals surface area contributed by atoms with E-state index in [1.54, 1.807) is 0 Å². The lowest BCUT2D eigenvalue weighted by Gasteiger charge is -1.97. The fraction of sp³-hybridized carbons (Fsp3) is 0.100. The molecule has 0 fully saturated rings. The molecule has 1 heterocycles. The van der Waals surface area contributed by atoms with Crippen LogP contribution in [0.2, 0.25) is 4.47 Å². The van der Waals surface area contributed by atoms with Crippen LogP contribution in [0, 0.1) is 6.92 Å². The molecule has 72 valence electrons. The second kappa shape index (κ2) is 4.01. The second-order valence-corrected chi connectivity index (χ2v) is 5.58. The van der Waals surface area contributed by atoms with Gasteiger partial charge in [0, 0.05) is 14.9 Å². The minimum Gasteiger partial charge on any atom is -0.225 e. The van der Waals surface area contributed by atoms with Crippen molar-refractivity contribution in [2.24, 2.45) is 0 Å². The molecular weight excluding hydrogens is 282 g/mol. The summed E-state index contributed by atoms with van der Waals surface area (Å²) < 4.78 is 1.67. The van der Waals surface area contributed by atoms with E-state index in [1.807, 2.05) is 31.2 Å². The van der Waals surface area contributed by atoms with Gasteiger partial charge in [-0.1, -0.05) is 39.7 Å². The number of halogens is 2. The maximum Gasteiger partial charge on any atom is 0.184 e. The van der Waals surface area contributed by atoms with Crippen molar-refractivity contribution in [1.82, 2.24) is 4.98 Å². The van der Waals surface area contributed by atoms with E-state index in [-0.39, 0.29) is 0 Å². The third kappa shape index (κ3) is 2.00. The van der Waals surface area contributed by atoms with Crippen LogP contribution >= 0.6 is 38.9 Å². The minimum absolute atomic E-state index is 0.598. The maximum atomic E-state index is 5.84. The first-order chi connectivity index (χ1) is 6.66. The van der Waals surface area contributed by atoms with Crippen LogP contribution in [0.3, 0.4) is 0 Å². The number of thiazole rings is 1. The van der Waals surface area contributed by atoms with Gasteiger partial charge in [-0.05, 0) is 19.1 Å². The van der Waals surface area contributed by atoms with E-state index in [0.29, 0.717) is 4.47 Å². The molecule has 2 rings (SSSR count). The summed E-state index contributed by atoms with van der Waals surface area (Å²) >= 11 is 10.8. The molecule has 0 unspecified atom stereocenters. The topological polar surface area (TPSA) is 12.9 Å². The standard InChI is InChI=1S/C10H7BrClNS/c1-6-9(13-10(12)14-6)7-2-4-8(11)5-3-7/h2-5H,1H3. The predicted octanol–water partition coefficient (Wildman–Crippen LogP) is 4.53. The summed E-state index contributed by atoms with van der Waals surface area (Å²) in [5.41, 5.74) is 2.08. The second-order valence-electron chi connectivity index (χ2n) is 2.88. The molecule has 0 aliphatic heterocycles. The van der Waals surface area contributed by atoms with Crippen LogP contribution in [0.25, 0.3) is 11.3 Å². The summed E-state index contributed by atoms with van der Waals surface area (Å²) in [5, 5.41) is 0. The van der Waals surface area contributed by atoms with Gasteiger partial charge in [-0.2, -0.15) is 0 Å². The lowest BCUT2D eigenvalue weighted by atomic mass is 10.1. The maximum absolute atomic E-state index is 5.84. The highest BCUT2D eigenvalue weighted by Gasteiger charge is 2.07. The quantitative estimate of drug-likeness (QED) is 0.751. The van der Waals surface area contributed by atoms with Crippen LogP contribution < -0.4 is 0 Å². The number of hydrogen-bond acceptors (Lipinski definition) is 2. The molecule has 1 aromatic heterocycles. The van der Waals surface area contributed by atoms with Crippen LogP contribution in [0.1, 0.15) is 4.88 Å². The average Bonchev–Trinajstić information content (AvgIpc) is 2.47. The molecule has 0 amide bonds. The largest absolute Gasteiger partial charge is 0.225 e. The summed E-state index contributed by atoms with van der Waals surface area (Å²) in [6, 6.07) is 8.06. The Hall–Kier alpha value is -0.380. The van der Waals surface area contributed by atoms with E-state index in [1.165, 1.54) is 11.3 Å². The molecule has 0 atom stereocenters. The molecule has 0 bridgehead atoms. The van der Waals surface area contributed by atoms with E-state index in [2.05, 4.69) is 20.9 Å². The Bertz CT molecular complexity index is 450. The monoisotopic (exact) mass is 287 g/mol. The van der Waals surface area contributed by atoms with Crippen molar-refractivity contribution in [3.05, 3.63) is 38.1 Å². The lowest BCUT2D eigenvalue weighted by molar-refractivity contribution is 1.37.